The maximum atomic E-state index is 12.7. The van der Waals surface area contributed by atoms with Crippen molar-refractivity contribution < 1.29 is 14.7 Å². The maximum absolute atomic E-state index is 12.7. The second kappa shape index (κ2) is 6.49. The van der Waals surface area contributed by atoms with Crippen LogP contribution < -0.4 is 5.73 Å². The Morgan fingerprint density at radius 2 is 2.00 bits per heavy atom. The van der Waals surface area contributed by atoms with Crippen molar-refractivity contribution in [3.8, 4) is 0 Å². The Hall–Kier alpha value is -1.53. The molecular formula is C15H20N2O3S. The van der Waals surface area contributed by atoms with E-state index in [2.05, 4.69) is 0 Å². The lowest BCUT2D eigenvalue weighted by molar-refractivity contribution is -0.141. The van der Waals surface area contributed by atoms with Gasteiger partial charge in [0.2, 0.25) is 0 Å². The van der Waals surface area contributed by atoms with E-state index in [0.717, 1.165) is 5.56 Å². The van der Waals surface area contributed by atoms with Gasteiger partial charge in [-0.1, -0.05) is 26.0 Å². The Balaban J connectivity index is 2.29. The molecule has 1 saturated heterocycles. The van der Waals surface area contributed by atoms with Crippen molar-refractivity contribution >= 4 is 23.6 Å². The second-order valence-electron chi connectivity index (χ2n) is 5.44. The minimum absolute atomic E-state index is 0.104. The predicted octanol–water partition coefficient (Wildman–Crippen LogP) is 1.77. The summed E-state index contributed by atoms with van der Waals surface area (Å²) in [5, 5.41) is 9.23. The van der Waals surface area contributed by atoms with Gasteiger partial charge in [0, 0.05) is 17.9 Å². The van der Waals surface area contributed by atoms with Crippen LogP contribution in [0.1, 0.15) is 29.8 Å². The molecule has 0 radical (unpaired) electrons. The number of hydrogen-bond acceptors (Lipinski definition) is 4. The minimum atomic E-state index is -0.947. The molecule has 21 heavy (non-hydrogen) atoms. The van der Waals surface area contributed by atoms with E-state index >= 15 is 0 Å². The Kier molecular flexibility index (Phi) is 4.90. The molecule has 1 fully saturated rings. The van der Waals surface area contributed by atoms with Crippen molar-refractivity contribution in [2.45, 2.75) is 31.8 Å². The van der Waals surface area contributed by atoms with Crippen molar-refractivity contribution in [2.75, 3.05) is 5.75 Å². The monoisotopic (exact) mass is 308 g/mol. The van der Waals surface area contributed by atoms with Crippen LogP contribution in [0.4, 0.5) is 0 Å². The van der Waals surface area contributed by atoms with Crippen LogP contribution in [-0.2, 0) is 11.3 Å². The predicted molar refractivity (Wildman–Crippen MR) is 83.0 cm³/mol. The third-order valence-corrected chi connectivity index (χ3v) is 5.18. The number of hydrogen-bond donors (Lipinski definition) is 2. The SMILES string of the molecule is CC(C)C1SCC(C(=O)O)N1C(=O)c1ccc(CN)cc1. The molecule has 0 saturated carbocycles. The molecule has 1 aromatic rings. The zero-order valence-corrected chi connectivity index (χ0v) is 13.0. The normalized spacial score (nSPS) is 21.8. The number of carboxylic acids is 1. The molecule has 2 unspecified atom stereocenters. The van der Waals surface area contributed by atoms with E-state index in [9.17, 15) is 14.7 Å². The highest BCUT2D eigenvalue weighted by Crippen LogP contribution is 2.35. The smallest absolute Gasteiger partial charge is 0.327 e. The molecule has 2 rings (SSSR count). The first-order valence-corrected chi connectivity index (χ1v) is 7.96. The van der Waals surface area contributed by atoms with Gasteiger partial charge in [0.05, 0.1) is 5.37 Å². The molecule has 1 aliphatic heterocycles. The number of amides is 1. The lowest BCUT2D eigenvalue weighted by Crippen LogP contribution is -2.47. The fraction of sp³-hybridized carbons (Fsp3) is 0.467. The number of rotatable bonds is 4. The van der Waals surface area contributed by atoms with Gasteiger partial charge in [-0.2, -0.15) is 0 Å². The number of nitrogens with zero attached hydrogens (tertiary/aromatic N) is 1. The first kappa shape index (κ1) is 15.9. The highest BCUT2D eigenvalue weighted by atomic mass is 32.2. The van der Waals surface area contributed by atoms with Crippen molar-refractivity contribution in [1.29, 1.82) is 0 Å². The summed E-state index contributed by atoms with van der Waals surface area (Å²) in [7, 11) is 0. The van der Waals surface area contributed by atoms with Crippen molar-refractivity contribution in [1.82, 2.24) is 4.90 Å². The van der Waals surface area contributed by atoms with Crippen LogP contribution in [-0.4, -0.2) is 39.1 Å². The van der Waals surface area contributed by atoms with Crippen LogP contribution in [0.15, 0.2) is 24.3 Å². The first-order chi connectivity index (χ1) is 9.95. The van der Waals surface area contributed by atoms with Crippen molar-refractivity contribution in [3.63, 3.8) is 0 Å². The average molecular weight is 308 g/mol. The lowest BCUT2D eigenvalue weighted by Gasteiger charge is -2.29. The molecule has 3 N–H and O–H groups in total. The van der Waals surface area contributed by atoms with E-state index in [1.54, 1.807) is 24.3 Å². The summed E-state index contributed by atoms with van der Waals surface area (Å²) >= 11 is 1.53. The summed E-state index contributed by atoms with van der Waals surface area (Å²) in [6, 6.07) is 6.27. The Bertz CT molecular complexity index is 530. The summed E-state index contributed by atoms with van der Waals surface area (Å²) in [6.45, 7) is 4.42. The highest BCUT2D eigenvalue weighted by Gasteiger charge is 2.43. The summed E-state index contributed by atoms with van der Waals surface area (Å²) in [4.78, 5) is 25.6. The fourth-order valence-electron chi connectivity index (χ4n) is 2.42. The van der Waals surface area contributed by atoms with Gasteiger partial charge in [0.15, 0.2) is 0 Å². The number of carbonyl (C=O) groups is 2. The molecule has 5 nitrogen and oxygen atoms in total. The Morgan fingerprint density at radius 3 is 2.48 bits per heavy atom. The van der Waals surface area contributed by atoms with Crippen LogP contribution >= 0.6 is 11.8 Å². The van der Waals surface area contributed by atoms with E-state index in [-0.39, 0.29) is 17.2 Å². The molecule has 6 heteroatoms. The van der Waals surface area contributed by atoms with Gasteiger partial charge < -0.3 is 15.7 Å². The number of nitrogens with two attached hydrogens (primary N) is 1. The maximum Gasteiger partial charge on any atom is 0.327 e. The van der Waals surface area contributed by atoms with Crippen LogP contribution in [0.2, 0.25) is 0 Å². The van der Waals surface area contributed by atoms with Gasteiger partial charge in [-0.3, -0.25) is 4.79 Å². The summed E-state index contributed by atoms with van der Waals surface area (Å²) in [5.74, 6) is -0.538. The van der Waals surface area contributed by atoms with Gasteiger partial charge in [0.25, 0.3) is 5.91 Å². The molecule has 0 spiro atoms. The second-order valence-corrected chi connectivity index (χ2v) is 6.59. The number of benzene rings is 1. The van der Waals surface area contributed by atoms with E-state index < -0.39 is 12.0 Å². The molecule has 2 atom stereocenters. The fourth-order valence-corrected chi connectivity index (χ4v) is 3.89. The van der Waals surface area contributed by atoms with E-state index in [1.165, 1.54) is 16.7 Å². The molecular weight excluding hydrogens is 288 g/mol. The largest absolute Gasteiger partial charge is 0.480 e. The molecule has 1 amide bonds. The molecule has 1 heterocycles. The molecule has 1 aliphatic rings. The number of thioether (sulfide) groups is 1. The highest BCUT2D eigenvalue weighted by molar-refractivity contribution is 8.00. The molecule has 0 aliphatic carbocycles. The van der Waals surface area contributed by atoms with Gasteiger partial charge in [-0.15, -0.1) is 11.8 Å². The standard InChI is InChI=1S/C15H20N2O3S/c1-9(2)14-17(12(8-21-14)15(19)20)13(18)11-5-3-10(7-16)4-6-11/h3-6,9,12,14H,7-8,16H2,1-2H3,(H,19,20). The third kappa shape index (κ3) is 3.22. The third-order valence-electron chi connectivity index (χ3n) is 3.56. The van der Waals surface area contributed by atoms with Gasteiger partial charge in [-0.05, 0) is 23.6 Å². The van der Waals surface area contributed by atoms with E-state index in [1.807, 2.05) is 13.8 Å². The quantitative estimate of drug-likeness (QED) is 0.885. The van der Waals surface area contributed by atoms with Gasteiger partial charge in [-0.25, -0.2) is 4.79 Å². The molecule has 0 aromatic heterocycles. The molecule has 0 bridgehead atoms. The van der Waals surface area contributed by atoms with Crippen LogP contribution in [0.5, 0.6) is 0 Å². The van der Waals surface area contributed by atoms with Gasteiger partial charge >= 0.3 is 5.97 Å². The van der Waals surface area contributed by atoms with Crippen LogP contribution in [0, 0.1) is 5.92 Å². The average Bonchev–Trinajstić information content (AvgIpc) is 2.91. The van der Waals surface area contributed by atoms with Crippen LogP contribution in [0.25, 0.3) is 0 Å². The summed E-state index contributed by atoms with van der Waals surface area (Å²) in [6.07, 6.45) is 0. The number of aliphatic carboxylic acids is 1. The topological polar surface area (TPSA) is 83.6 Å². The number of carboxylic acid groups (broad SMARTS) is 1. The van der Waals surface area contributed by atoms with E-state index in [4.69, 9.17) is 5.73 Å². The molecule has 114 valence electrons. The minimum Gasteiger partial charge on any atom is -0.480 e. The van der Waals surface area contributed by atoms with Crippen LogP contribution in [0.3, 0.4) is 0 Å². The molecule has 1 aromatic carbocycles. The number of carbonyl (C=O) groups excluding carboxylic acids is 1. The van der Waals surface area contributed by atoms with Crippen molar-refractivity contribution in [2.24, 2.45) is 11.7 Å². The Morgan fingerprint density at radius 1 is 1.38 bits per heavy atom. The Labute approximate surface area is 128 Å². The van der Waals surface area contributed by atoms with Crippen molar-refractivity contribution in [3.05, 3.63) is 35.4 Å². The zero-order valence-electron chi connectivity index (χ0n) is 12.2. The van der Waals surface area contributed by atoms with E-state index in [0.29, 0.717) is 17.9 Å². The summed E-state index contributed by atoms with van der Waals surface area (Å²) in [5.41, 5.74) is 6.99. The zero-order chi connectivity index (χ0) is 15.6. The lowest BCUT2D eigenvalue weighted by atomic mass is 10.1. The summed E-state index contributed by atoms with van der Waals surface area (Å²) < 4.78 is 0. The van der Waals surface area contributed by atoms with Gasteiger partial charge in [0.1, 0.15) is 6.04 Å². The first-order valence-electron chi connectivity index (χ1n) is 6.91.